The molecule has 3 N–H and O–H groups in total. The molecule has 0 saturated carbocycles. The number of rotatable bonds is 4. The Balaban J connectivity index is 0.00000225. The number of hydrogen-bond acceptors (Lipinski definition) is 3. The molecule has 1 aromatic rings. The quantitative estimate of drug-likeness (QED) is 0.876. The smallest absolute Gasteiger partial charge is 0.305 e. The zero-order chi connectivity index (χ0) is 11.4. The molecule has 4 nitrogen and oxygen atoms in total. The van der Waals surface area contributed by atoms with E-state index in [-0.39, 0.29) is 18.8 Å². The van der Waals surface area contributed by atoms with E-state index in [1.54, 1.807) is 18.2 Å². The van der Waals surface area contributed by atoms with Crippen LogP contribution in [0.1, 0.15) is 18.0 Å². The summed E-state index contributed by atoms with van der Waals surface area (Å²) in [6.45, 7) is 0. The fourth-order valence-electron chi connectivity index (χ4n) is 1.22. The van der Waals surface area contributed by atoms with E-state index < -0.39 is 12.0 Å². The second kappa shape index (κ2) is 6.58. The van der Waals surface area contributed by atoms with Crippen LogP contribution in [0.25, 0.3) is 0 Å². The first-order chi connectivity index (χ1) is 7.02. The van der Waals surface area contributed by atoms with Crippen molar-refractivity contribution in [3.8, 4) is 5.75 Å². The number of carboxylic acids is 1. The van der Waals surface area contributed by atoms with Crippen LogP contribution in [0, 0.1) is 0 Å². The minimum Gasteiger partial charge on any atom is -0.497 e. The van der Waals surface area contributed by atoms with E-state index in [0.717, 1.165) is 0 Å². The van der Waals surface area contributed by atoms with Gasteiger partial charge in [0, 0.05) is 11.1 Å². The topological polar surface area (TPSA) is 72.5 Å². The average Bonchev–Trinajstić information content (AvgIpc) is 2.15. The molecule has 0 aliphatic carbocycles. The fraction of sp³-hybridized carbons (Fsp3) is 0.300. The molecule has 1 atom stereocenters. The second-order valence-corrected chi connectivity index (χ2v) is 3.57. The highest BCUT2D eigenvalue weighted by atomic mass is 35.5. The summed E-state index contributed by atoms with van der Waals surface area (Å²) in [6, 6.07) is 4.38. The number of nitrogens with two attached hydrogens (primary N) is 1. The summed E-state index contributed by atoms with van der Waals surface area (Å²) < 4.78 is 5.00. The number of carboxylic acid groups (broad SMARTS) is 1. The summed E-state index contributed by atoms with van der Waals surface area (Å²) in [5.41, 5.74) is 6.35. The Hall–Kier alpha value is -0.970. The van der Waals surface area contributed by atoms with Crippen LogP contribution in [0.3, 0.4) is 0 Å². The van der Waals surface area contributed by atoms with E-state index >= 15 is 0 Å². The number of carbonyl (C=O) groups is 1. The predicted octanol–water partition coefficient (Wildman–Crippen LogP) is 2.24. The zero-order valence-corrected chi connectivity index (χ0v) is 10.2. The second-order valence-electron chi connectivity index (χ2n) is 3.13. The first kappa shape index (κ1) is 15.0. The van der Waals surface area contributed by atoms with Crippen LogP contribution in [-0.4, -0.2) is 18.2 Å². The molecule has 0 unspecified atom stereocenters. The van der Waals surface area contributed by atoms with E-state index in [2.05, 4.69) is 0 Å². The van der Waals surface area contributed by atoms with Crippen molar-refractivity contribution in [3.63, 3.8) is 0 Å². The summed E-state index contributed by atoms with van der Waals surface area (Å²) in [5.74, 6) is -0.375. The SMILES string of the molecule is COc1cc(Cl)cc([C@@H](N)CC(=O)O)c1.Cl. The highest BCUT2D eigenvalue weighted by Crippen LogP contribution is 2.25. The van der Waals surface area contributed by atoms with E-state index in [1.807, 2.05) is 0 Å². The summed E-state index contributed by atoms with van der Waals surface area (Å²) in [4.78, 5) is 10.5. The molecule has 1 aromatic carbocycles. The van der Waals surface area contributed by atoms with Crippen LogP contribution in [-0.2, 0) is 4.79 Å². The van der Waals surface area contributed by atoms with Gasteiger partial charge in [0.1, 0.15) is 5.75 Å². The third kappa shape index (κ3) is 4.26. The standard InChI is InChI=1S/C10H12ClNO3.ClH/c1-15-8-3-6(2-7(11)4-8)9(12)5-10(13)14;/h2-4,9H,5,12H2,1H3,(H,13,14);1H/t9-;/m0./s1. The lowest BCUT2D eigenvalue weighted by Crippen LogP contribution is -2.15. The van der Waals surface area contributed by atoms with Crippen molar-refractivity contribution in [1.29, 1.82) is 0 Å². The van der Waals surface area contributed by atoms with Gasteiger partial charge in [-0.3, -0.25) is 4.79 Å². The van der Waals surface area contributed by atoms with Gasteiger partial charge in [-0.25, -0.2) is 0 Å². The van der Waals surface area contributed by atoms with Gasteiger partial charge in [-0.05, 0) is 23.8 Å². The van der Waals surface area contributed by atoms with Gasteiger partial charge in [0.2, 0.25) is 0 Å². The third-order valence-electron chi connectivity index (χ3n) is 1.95. The molecular formula is C10H13Cl2NO3. The van der Waals surface area contributed by atoms with Gasteiger partial charge in [0.15, 0.2) is 0 Å². The molecule has 6 heteroatoms. The first-order valence-corrected chi connectivity index (χ1v) is 4.72. The fourth-order valence-corrected chi connectivity index (χ4v) is 1.46. The molecule has 0 aliphatic rings. The number of hydrogen-bond donors (Lipinski definition) is 2. The van der Waals surface area contributed by atoms with E-state index in [0.29, 0.717) is 16.3 Å². The van der Waals surface area contributed by atoms with Crippen LogP contribution in [0.4, 0.5) is 0 Å². The van der Waals surface area contributed by atoms with Crippen LogP contribution in [0.5, 0.6) is 5.75 Å². The molecule has 0 bridgehead atoms. The van der Waals surface area contributed by atoms with Gasteiger partial charge < -0.3 is 15.6 Å². The molecule has 0 heterocycles. The Morgan fingerprint density at radius 1 is 1.56 bits per heavy atom. The average molecular weight is 266 g/mol. The van der Waals surface area contributed by atoms with Gasteiger partial charge >= 0.3 is 5.97 Å². The molecule has 90 valence electrons. The summed E-state index contributed by atoms with van der Waals surface area (Å²) in [6.07, 6.45) is -0.135. The van der Waals surface area contributed by atoms with Crippen molar-refractivity contribution < 1.29 is 14.6 Å². The van der Waals surface area contributed by atoms with Crippen molar-refractivity contribution >= 4 is 30.0 Å². The van der Waals surface area contributed by atoms with E-state index in [9.17, 15) is 4.79 Å². The summed E-state index contributed by atoms with van der Waals surface area (Å²) >= 11 is 5.83. The number of halogens is 2. The number of aliphatic carboxylic acids is 1. The molecule has 0 aromatic heterocycles. The highest BCUT2D eigenvalue weighted by Gasteiger charge is 2.12. The van der Waals surface area contributed by atoms with Crippen LogP contribution in [0.2, 0.25) is 5.02 Å². The van der Waals surface area contributed by atoms with Gasteiger partial charge in [-0.2, -0.15) is 0 Å². The lowest BCUT2D eigenvalue weighted by molar-refractivity contribution is -0.137. The van der Waals surface area contributed by atoms with Crippen molar-refractivity contribution in [2.24, 2.45) is 5.73 Å². The molecule has 1 rings (SSSR count). The van der Waals surface area contributed by atoms with Gasteiger partial charge in [-0.1, -0.05) is 11.6 Å². The molecule has 0 amide bonds. The molecule has 0 radical (unpaired) electrons. The first-order valence-electron chi connectivity index (χ1n) is 4.34. The molecule has 0 saturated heterocycles. The van der Waals surface area contributed by atoms with Crippen LogP contribution >= 0.6 is 24.0 Å². The molecule has 0 aliphatic heterocycles. The highest BCUT2D eigenvalue weighted by molar-refractivity contribution is 6.30. The summed E-state index contributed by atoms with van der Waals surface area (Å²) in [7, 11) is 1.51. The Bertz CT molecular complexity index is 371. The lowest BCUT2D eigenvalue weighted by Gasteiger charge is -2.11. The number of ether oxygens (including phenoxy) is 1. The van der Waals surface area contributed by atoms with E-state index in [4.69, 9.17) is 27.2 Å². The van der Waals surface area contributed by atoms with E-state index in [1.165, 1.54) is 7.11 Å². The van der Waals surface area contributed by atoms with Crippen molar-refractivity contribution in [2.75, 3.05) is 7.11 Å². The maximum absolute atomic E-state index is 10.5. The van der Waals surface area contributed by atoms with Crippen molar-refractivity contribution in [2.45, 2.75) is 12.5 Å². The Kier molecular flexibility index (Phi) is 6.18. The minimum atomic E-state index is -0.943. The zero-order valence-electron chi connectivity index (χ0n) is 8.64. The maximum atomic E-state index is 10.5. The molecule has 0 spiro atoms. The van der Waals surface area contributed by atoms with Gasteiger partial charge in [-0.15, -0.1) is 12.4 Å². The largest absolute Gasteiger partial charge is 0.497 e. The van der Waals surface area contributed by atoms with Crippen molar-refractivity contribution in [1.82, 2.24) is 0 Å². The Morgan fingerprint density at radius 3 is 2.69 bits per heavy atom. The third-order valence-corrected chi connectivity index (χ3v) is 2.17. The van der Waals surface area contributed by atoms with Crippen LogP contribution in [0.15, 0.2) is 18.2 Å². The number of benzene rings is 1. The Labute approximate surface area is 105 Å². The van der Waals surface area contributed by atoms with Gasteiger partial charge in [0.25, 0.3) is 0 Å². The predicted molar refractivity (Wildman–Crippen MR) is 64.4 cm³/mol. The molecule has 0 fully saturated rings. The maximum Gasteiger partial charge on any atom is 0.305 e. The number of methoxy groups -OCH3 is 1. The minimum absolute atomic E-state index is 0. The Morgan fingerprint density at radius 2 is 2.19 bits per heavy atom. The van der Waals surface area contributed by atoms with Crippen LogP contribution < -0.4 is 10.5 Å². The monoisotopic (exact) mass is 265 g/mol. The van der Waals surface area contributed by atoms with Crippen molar-refractivity contribution in [3.05, 3.63) is 28.8 Å². The normalized spacial score (nSPS) is 11.4. The van der Waals surface area contributed by atoms with Gasteiger partial charge in [0.05, 0.1) is 13.5 Å². The molecule has 16 heavy (non-hydrogen) atoms. The molecular weight excluding hydrogens is 253 g/mol. The summed E-state index contributed by atoms with van der Waals surface area (Å²) in [5, 5.41) is 9.07. The lowest BCUT2D eigenvalue weighted by atomic mass is 10.0.